The fourth-order valence-corrected chi connectivity index (χ4v) is 5.66. The molecular formula is C26H28N8O4S2. The summed E-state index contributed by atoms with van der Waals surface area (Å²) in [5.74, 6) is 1.09. The minimum absolute atomic E-state index is 0.0238. The molecular weight excluding hydrogens is 552 g/mol. The number of rotatable bonds is 5. The van der Waals surface area contributed by atoms with E-state index in [0.717, 1.165) is 64.7 Å². The first-order chi connectivity index (χ1) is 19.3. The van der Waals surface area contributed by atoms with Crippen molar-refractivity contribution in [3.05, 3.63) is 78.3 Å². The van der Waals surface area contributed by atoms with Crippen molar-refractivity contribution in [2.45, 2.75) is 38.5 Å². The molecule has 0 atom stereocenters. The molecule has 3 heterocycles. The largest absolute Gasteiger partial charge is 0.342 e. The maximum absolute atomic E-state index is 11.3. The summed E-state index contributed by atoms with van der Waals surface area (Å²) in [6.45, 7) is 3.08. The molecule has 0 bridgehead atoms. The van der Waals surface area contributed by atoms with Gasteiger partial charge in [-0.1, -0.05) is 0 Å². The van der Waals surface area contributed by atoms with Crippen LogP contribution in [0.2, 0.25) is 0 Å². The van der Waals surface area contributed by atoms with Crippen molar-refractivity contribution in [3.8, 4) is 5.69 Å². The number of non-ortho nitro benzene ring substituents is 2. The van der Waals surface area contributed by atoms with Crippen LogP contribution >= 0.6 is 24.4 Å². The molecule has 12 nitrogen and oxygen atoms in total. The van der Waals surface area contributed by atoms with Gasteiger partial charge in [0.2, 0.25) is 16.7 Å². The van der Waals surface area contributed by atoms with E-state index in [9.17, 15) is 20.2 Å². The van der Waals surface area contributed by atoms with Crippen LogP contribution in [0.1, 0.15) is 38.5 Å². The number of aromatic nitrogens is 3. The summed E-state index contributed by atoms with van der Waals surface area (Å²) in [5, 5.41) is 22.5. The normalized spacial score (nSPS) is 16.1. The summed E-state index contributed by atoms with van der Waals surface area (Å²) < 4.78 is 4.04. The van der Waals surface area contributed by atoms with Crippen LogP contribution in [0.3, 0.4) is 0 Å². The lowest BCUT2D eigenvalue weighted by molar-refractivity contribution is -0.385. The van der Waals surface area contributed by atoms with Gasteiger partial charge in [0.05, 0.1) is 21.2 Å². The molecule has 5 rings (SSSR count). The molecule has 0 aliphatic carbocycles. The van der Waals surface area contributed by atoms with Crippen molar-refractivity contribution in [3.63, 3.8) is 0 Å². The van der Waals surface area contributed by atoms with Gasteiger partial charge >= 0.3 is 0 Å². The second-order valence-corrected chi connectivity index (χ2v) is 10.4. The molecule has 208 valence electrons. The van der Waals surface area contributed by atoms with E-state index in [-0.39, 0.29) is 16.1 Å². The highest BCUT2D eigenvalue weighted by Gasteiger charge is 2.24. The first-order valence-corrected chi connectivity index (χ1v) is 14.0. The van der Waals surface area contributed by atoms with Gasteiger partial charge < -0.3 is 9.80 Å². The maximum Gasteiger partial charge on any atom is 0.269 e. The SMILES string of the molecule is O=[N+]([O-])c1ccc(N=C(N2CCCCC2)n2c(=S)nc(N3CCCCC3)n(-c3ccc([N+](=O)[O-])cc3)c2=S)cc1. The van der Waals surface area contributed by atoms with Gasteiger partial charge in [-0.2, -0.15) is 4.98 Å². The minimum atomic E-state index is -0.452. The molecule has 2 aromatic carbocycles. The van der Waals surface area contributed by atoms with Crippen LogP contribution < -0.4 is 4.90 Å². The lowest BCUT2D eigenvalue weighted by atomic mass is 10.1. The molecule has 40 heavy (non-hydrogen) atoms. The monoisotopic (exact) mass is 580 g/mol. The van der Waals surface area contributed by atoms with Crippen molar-refractivity contribution in [1.29, 1.82) is 0 Å². The minimum Gasteiger partial charge on any atom is -0.342 e. The van der Waals surface area contributed by atoms with E-state index >= 15 is 0 Å². The number of benzene rings is 2. The molecule has 3 aromatic rings. The molecule has 2 aliphatic heterocycles. The zero-order valence-corrected chi connectivity index (χ0v) is 23.4. The highest BCUT2D eigenvalue weighted by molar-refractivity contribution is 7.72. The predicted molar refractivity (Wildman–Crippen MR) is 157 cm³/mol. The van der Waals surface area contributed by atoms with Gasteiger partial charge in [-0.15, -0.1) is 0 Å². The first kappa shape index (κ1) is 27.5. The van der Waals surface area contributed by atoms with Gasteiger partial charge in [0.15, 0.2) is 4.77 Å². The zero-order chi connectivity index (χ0) is 28.2. The number of aliphatic imine (C=N–C) groups is 1. The summed E-state index contributed by atoms with van der Waals surface area (Å²) >= 11 is 11.9. The van der Waals surface area contributed by atoms with Crippen molar-refractivity contribution in [2.75, 3.05) is 31.1 Å². The Morgan fingerprint density at radius 3 is 1.85 bits per heavy atom. The molecule has 2 fully saturated rings. The summed E-state index contributed by atoms with van der Waals surface area (Å²) in [6, 6.07) is 12.2. The topological polar surface area (TPSA) is 128 Å². The second kappa shape index (κ2) is 12.0. The first-order valence-electron chi connectivity index (χ1n) is 13.2. The molecule has 0 amide bonds. The number of piperidine rings is 2. The Hall–Kier alpha value is -4.04. The number of likely N-dealkylation sites (tertiary alicyclic amines) is 1. The van der Waals surface area contributed by atoms with E-state index in [1.165, 1.54) is 24.3 Å². The molecule has 0 unspecified atom stereocenters. The van der Waals surface area contributed by atoms with Crippen molar-refractivity contribution >= 4 is 53.4 Å². The summed E-state index contributed by atoms with van der Waals surface area (Å²) in [4.78, 5) is 35.6. The molecule has 0 N–H and O–H groups in total. The van der Waals surface area contributed by atoms with E-state index in [1.54, 1.807) is 33.4 Å². The molecule has 14 heteroatoms. The fraction of sp³-hybridized carbons (Fsp3) is 0.385. The Labute approximate surface area is 240 Å². The average Bonchev–Trinajstić information content (AvgIpc) is 2.97. The van der Waals surface area contributed by atoms with Gasteiger partial charge in [0, 0.05) is 50.4 Å². The number of hydrogen-bond donors (Lipinski definition) is 0. The lowest BCUT2D eigenvalue weighted by Crippen LogP contribution is -2.42. The molecule has 2 aliphatic rings. The van der Waals surface area contributed by atoms with Crippen LogP contribution in [0.25, 0.3) is 5.69 Å². The number of nitro groups is 2. The smallest absolute Gasteiger partial charge is 0.269 e. The maximum atomic E-state index is 11.3. The number of anilines is 1. The molecule has 2 saturated heterocycles. The average molecular weight is 581 g/mol. The van der Waals surface area contributed by atoms with Crippen LogP contribution in [0.5, 0.6) is 0 Å². The summed E-state index contributed by atoms with van der Waals surface area (Å²) in [6.07, 6.45) is 6.20. The second-order valence-electron chi connectivity index (χ2n) is 9.70. The summed E-state index contributed by atoms with van der Waals surface area (Å²) in [5.41, 5.74) is 1.09. The van der Waals surface area contributed by atoms with Crippen molar-refractivity contribution in [1.82, 2.24) is 19.0 Å². The quantitative estimate of drug-likeness (QED) is 0.118. The number of nitro benzene ring substituents is 2. The zero-order valence-electron chi connectivity index (χ0n) is 21.7. The van der Waals surface area contributed by atoms with Crippen molar-refractivity contribution < 1.29 is 9.85 Å². The third-order valence-corrected chi connectivity index (χ3v) is 7.69. The van der Waals surface area contributed by atoms with Gasteiger partial charge in [-0.3, -0.25) is 24.8 Å². The van der Waals surface area contributed by atoms with Crippen molar-refractivity contribution in [2.24, 2.45) is 4.99 Å². The van der Waals surface area contributed by atoms with Crippen LogP contribution in [-0.4, -0.2) is 61.0 Å². The Bertz CT molecular complexity index is 1560. The Balaban J connectivity index is 1.71. The van der Waals surface area contributed by atoms with E-state index in [2.05, 4.69) is 9.80 Å². The molecule has 1 aromatic heterocycles. The van der Waals surface area contributed by atoms with Crippen LogP contribution in [-0.2, 0) is 0 Å². The standard InChI is InChI=1S/C26H28N8O4S2/c35-33(36)21-9-7-19(8-10-21)27-23(29-15-3-1-4-16-29)32-25(39)28-24(30-17-5-2-6-18-30)31(26(32)40)20-11-13-22(14-12-20)34(37)38/h7-14H,1-6,15-18H2. The van der Waals surface area contributed by atoms with Gasteiger partial charge in [-0.05, 0) is 87.2 Å². The Kier molecular flexibility index (Phi) is 8.26. The van der Waals surface area contributed by atoms with E-state index in [4.69, 9.17) is 34.4 Å². The lowest BCUT2D eigenvalue weighted by Gasteiger charge is -2.33. The predicted octanol–water partition coefficient (Wildman–Crippen LogP) is 5.96. The third-order valence-electron chi connectivity index (χ3n) is 7.06. The highest BCUT2D eigenvalue weighted by Crippen LogP contribution is 2.26. The third kappa shape index (κ3) is 5.77. The van der Waals surface area contributed by atoms with Crippen LogP contribution in [0.15, 0.2) is 53.5 Å². The van der Waals surface area contributed by atoms with Gasteiger partial charge in [-0.25, -0.2) is 9.56 Å². The molecule has 0 spiro atoms. The molecule has 0 saturated carbocycles. The van der Waals surface area contributed by atoms with Gasteiger partial charge in [0.1, 0.15) is 0 Å². The van der Waals surface area contributed by atoms with E-state index < -0.39 is 9.85 Å². The Morgan fingerprint density at radius 2 is 1.30 bits per heavy atom. The van der Waals surface area contributed by atoms with E-state index in [0.29, 0.717) is 28.1 Å². The Morgan fingerprint density at radius 1 is 0.775 bits per heavy atom. The number of hydrogen-bond acceptors (Lipinski definition) is 9. The van der Waals surface area contributed by atoms with Crippen LogP contribution in [0, 0.1) is 29.8 Å². The molecule has 0 radical (unpaired) electrons. The highest BCUT2D eigenvalue weighted by atomic mass is 32.1. The summed E-state index contributed by atoms with van der Waals surface area (Å²) in [7, 11) is 0. The van der Waals surface area contributed by atoms with Crippen LogP contribution in [0.4, 0.5) is 23.0 Å². The number of nitrogens with zero attached hydrogens (tertiary/aromatic N) is 8. The van der Waals surface area contributed by atoms with Gasteiger partial charge in [0.25, 0.3) is 11.4 Å². The van der Waals surface area contributed by atoms with E-state index in [1.807, 2.05) is 0 Å². The fourth-order valence-electron chi connectivity index (χ4n) is 5.00.